The third-order valence-corrected chi connectivity index (χ3v) is 4.97. The smallest absolute Gasteiger partial charge is 0.343 e. The van der Waals surface area contributed by atoms with Crippen molar-refractivity contribution in [1.29, 1.82) is 0 Å². The fourth-order valence-corrected chi connectivity index (χ4v) is 3.36. The van der Waals surface area contributed by atoms with Gasteiger partial charge in [0, 0.05) is 28.8 Å². The summed E-state index contributed by atoms with van der Waals surface area (Å²) in [5.41, 5.74) is 1.36. The van der Waals surface area contributed by atoms with Crippen LogP contribution < -0.4 is 4.90 Å². The Morgan fingerprint density at radius 1 is 1.32 bits per heavy atom. The molecule has 6 heteroatoms. The molecular formula is C19H22BrN3O2. The number of carbonyl (C=O) groups is 1. The molecule has 0 spiro atoms. The molecule has 1 atom stereocenters. The highest BCUT2D eigenvalue weighted by Crippen LogP contribution is 2.29. The van der Waals surface area contributed by atoms with Gasteiger partial charge in [0.25, 0.3) is 0 Å². The average Bonchev–Trinajstić information content (AvgIpc) is 2.62. The maximum Gasteiger partial charge on any atom is 0.343 e. The van der Waals surface area contributed by atoms with E-state index >= 15 is 0 Å². The van der Waals surface area contributed by atoms with Gasteiger partial charge in [0.2, 0.25) is 0 Å². The van der Waals surface area contributed by atoms with E-state index in [1.165, 1.54) is 6.42 Å². The van der Waals surface area contributed by atoms with Crippen LogP contribution >= 0.6 is 15.9 Å². The number of anilines is 1. The number of hydrogen-bond acceptors (Lipinski definition) is 5. The maximum atomic E-state index is 12.4. The highest BCUT2D eigenvalue weighted by molar-refractivity contribution is 9.10. The Balaban J connectivity index is 2.04. The van der Waals surface area contributed by atoms with Gasteiger partial charge >= 0.3 is 5.97 Å². The fourth-order valence-electron chi connectivity index (χ4n) is 3.10. The molecule has 1 unspecified atom stereocenters. The number of rotatable bonds is 4. The second kappa shape index (κ2) is 7.95. The molecule has 25 heavy (non-hydrogen) atoms. The average molecular weight is 404 g/mol. The summed E-state index contributed by atoms with van der Waals surface area (Å²) in [6, 6.07) is 8.19. The molecule has 3 rings (SSSR count). The predicted octanol–water partition coefficient (Wildman–Crippen LogP) is 4.46. The van der Waals surface area contributed by atoms with Crippen LogP contribution in [0.15, 0.2) is 34.9 Å². The van der Waals surface area contributed by atoms with Crippen molar-refractivity contribution in [3.63, 3.8) is 0 Å². The first kappa shape index (κ1) is 17.9. The van der Waals surface area contributed by atoms with Crippen LogP contribution in [0.25, 0.3) is 11.4 Å². The van der Waals surface area contributed by atoms with E-state index in [0.29, 0.717) is 29.9 Å². The van der Waals surface area contributed by atoms with Crippen molar-refractivity contribution in [3.8, 4) is 11.4 Å². The summed E-state index contributed by atoms with van der Waals surface area (Å²) in [6.45, 7) is 5.21. The molecule has 0 bridgehead atoms. The number of hydrogen-bond donors (Lipinski definition) is 0. The molecule has 1 aliphatic rings. The number of nitrogens with zero attached hydrogens (tertiary/aromatic N) is 3. The fraction of sp³-hybridized carbons (Fsp3) is 0.421. The Morgan fingerprint density at radius 2 is 2.08 bits per heavy atom. The van der Waals surface area contributed by atoms with Crippen LogP contribution in [-0.2, 0) is 4.74 Å². The molecule has 132 valence electrons. The lowest BCUT2D eigenvalue weighted by Crippen LogP contribution is -2.39. The molecule has 2 aromatic rings. The van der Waals surface area contributed by atoms with Crippen molar-refractivity contribution in [3.05, 3.63) is 40.5 Å². The van der Waals surface area contributed by atoms with Gasteiger partial charge in [0.1, 0.15) is 11.4 Å². The van der Waals surface area contributed by atoms with E-state index in [4.69, 9.17) is 9.72 Å². The van der Waals surface area contributed by atoms with Crippen LogP contribution in [0.5, 0.6) is 0 Å². The highest BCUT2D eigenvalue weighted by Gasteiger charge is 2.26. The first-order valence-electron chi connectivity index (χ1n) is 8.67. The summed E-state index contributed by atoms with van der Waals surface area (Å²) in [5, 5.41) is 0. The Labute approximate surface area is 156 Å². The lowest BCUT2D eigenvalue weighted by Gasteiger charge is -2.35. The van der Waals surface area contributed by atoms with Gasteiger partial charge in [0.05, 0.1) is 6.61 Å². The summed E-state index contributed by atoms with van der Waals surface area (Å²) >= 11 is 3.44. The van der Waals surface area contributed by atoms with E-state index in [1.807, 2.05) is 24.3 Å². The third-order valence-electron chi connectivity index (χ3n) is 4.44. The van der Waals surface area contributed by atoms with Crippen molar-refractivity contribution in [2.75, 3.05) is 18.1 Å². The van der Waals surface area contributed by atoms with Gasteiger partial charge in [-0.05, 0) is 45.2 Å². The minimum absolute atomic E-state index is 0.336. The van der Waals surface area contributed by atoms with Gasteiger partial charge in [-0.25, -0.2) is 14.8 Å². The van der Waals surface area contributed by atoms with E-state index in [9.17, 15) is 4.79 Å². The maximum absolute atomic E-state index is 12.4. The van der Waals surface area contributed by atoms with E-state index in [-0.39, 0.29) is 5.97 Å². The van der Waals surface area contributed by atoms with Gasteiger partial charge < -0.3 is 9.64 Å². The van der Waals surface area contributed by atoms with E-state index in [1.54, 1.807) is 13.1 Å². The van der Waals surface area contributed by atoms with Crippen molar-refractivity contribution in [2.45, 2.75) is 39.2 Å². The Bertz CT molecular complexity index is 749. The first-order valence-corrected chi connectivity index (χ1v) is 9.46. The van der Waals surface area contributed by atoms with E-state index < -0.39 is 0 Å². The minimum atomic E-state index is -0.363. The monoisotopic (exact) mass is 403 g/mol. The molecule has 5 nitrogen and oxygen atoms in total. The van der Waals surface area contributed by atoms with Crippen molar-refractivity contribution >= 4 is 27.7 Å². The summed E-state index contributed by atoms with van der Waals surface area (Å²) in [4.78, 5) is 23.7. The zero-order valence-electron chi connectivity index (χ0n) is 14.5. The molecule has 0 amide bonds. The molecule has 0 aliphatic carbocycles. The van der Waals surface area contributed by atoms with Gasteiger partial charge in [-0.3, -0.25) is 0 Å². The van der Waals surface area contributed by atoms with Crippen LogP contribution in [0.4, 0.5) is 5.82 Å². The molecular weight excluding hydrogens is 382 g/mol. The summed E-state index contributed by atoms with van der Waals surface area (Å²) in [5.74, 6) is 0.935. The van der Waals surface area contributed by atoms with Gasteiger partial charge in [-0.1, -0.05) is 28.1 Å². The Morgan fingerprint density at radius 3 is 2.76 bits per heavy atom. The number of esters is 1. The predicted molar refractivity (Wildman–Crippen MR) is 102 cm³/mol. The summed E-state index contributed by atoms with van der Waals surface area (Å²) < 4.78 is 6.21. The lowest BCUT2D eigenvalue weighted by atomic mass is 10.0. The largest absolute Gasteiger partial charge is 0.462 e. The molecule has 0 saturated carbocycles. The van der Waals surface area contributed by atoms with Crippen molar-refractivity contribution in [1.82, 2.24) is 9.97 Å². The molecule has 1 aromatic carbocycles. The minimum Gasteiger partial charge on any atom is -0.462 e. The number of aromatic nitrogens is 2. The van der Waals surface area contributed by atoms with Crippen molar-refractivity contribution in [2.24, 2.45) is 0 Å². The molecule has 0 radical (unpaired) electrons. The topological polar surface area (TPSA) is 55.3 Å². The summed E-state index contributed by atoms with van der Waals surface area (Å²) in [6.07, 6.45) is 5.00. The van der Waals surface area contributed by atoms with Gasteiger partial charge in [0.15, 0.2) is 5.82 Å². The molecule has 1 fully saturated rings. The highest BCUT2D eigenvalue weighted by atomic mass is 79.9. The van der Waals surface area contributed by atoms with Crippen LogP contribution in [0.1, 0.15) is 43.5 Å². The zero-order chi connectivity index (χ0) is 17.8. The van der Waals surface area contributed by atoms with Gasteiger partial charge in [-0.2, -0.15) is 0 Å². The number of benzene rings is 1. The SMILES string of the molecule is CCOC(=O)c1cnc(-c2ccc(Br)cc2)nc1N1CCCCC1C. The molecule has 1 aromatic heterocycles. The Kier molecular flexibility index (Phi) is 5.68. The Hall–Kier alpha value is -1.95. The molecule has 1 aliphatic heterocycles. The standard InChI is InChI=1S/C19H22BrN3O2/c1-3-25-19(24)16-12-21-17(14-7-9-15(20)10-8-14)22-18(16)23-11-5-4-6-13(23)2/h7-10,12-13H,3-6,11H2,1-2H3. The van der Waals surface area contributed by atoms with E-state index in [2.05, 4.69) is 32.7 Å². The normalized spacial score (nSPS) is 17.4. The van der Waals surface area contributed by atoms with Crippen LogP contribution in [0, 0.1) is 0 Å². The number of halogens is 1. The van der Waals surface area contributed by atoms with Crippen LogP contribution in [0.2, 0.25) is 0 Å². The second-order valence-corrected chi connectivity index (χ2v) is 7.11. The number of carbonyl (C=O) groups excluding carboxylic acids is 1. The quantitative estimate of drug-likeness (QED) is 0.705. The van der Waals surface area contributed by atoms with Crippen LogP contribution in [0.3, 0.4) is 0 Å². The van der Waals surface area contributed by atoms with E-state index in [0.717, 1.165) is 29.4 Å². The number of ether oxygens (including phenoxy) is 1. The first-order chi connectivity index (χ1) is 12.1. The van der Waals surface area contributed by atoms with Crippen molar-refractivity contribution < 1.29 is 9.53 Å². The van der Waals surface area contributed by atoms with Crippen LogP contribution in [-0.4, -0.2) is 35.1 Å². The number of piperidine rings is 1. The zero-order valence-corrected chi connectivity index (χ0v) is 16.1. The third kappa shape index (κ3) is 4.00. The molecule has 0 N–H and O–H groups in total. The lowest BCUT2D eigenvalue weighted by molar-refractivity contribution is 0.0526. The molecule has 1 saturated heterocycles. The molecule has 2 heterocycles. The van der Waals surface area contributed by atoms with Gasteiger partial charge in [-0.15, -0.1) is 0 Å². The summed E-state index contributed by atoms with van der Waals surface area (Å²) in [7, 11) is 0. The second-order valence-electron chi connectivity index (χ2n) is 6.20.